The standard InChI is InChI=1S/C30H48O3/c1-21(2)24(5)15-14-23(4)12-9-11-22(3)13-10-17-30(8)18-16-27-20-28(32-26(7)31)19-25(6)29(27)33-30/h19-20,22-24H,1,9-18H2,2-8H3/t22-,23-,24-,30-/m1/s1. The van der Waals surface area contributed by atoms with Crippen molar-refractivity contribution in [2.75, 3.05) is 0 Å². The monoisotopic (exact) mass is 456 g/mol. The summed E-state index contributed by atoms with van der Waals surface area (Å²) in [6, 6.07) is 3.87. The zero-order chi connectivity index (χ0) is 24.6. The highest BCUT2D eigenvalue weighted by Crippen LogP contribution is 2.40. The lowest BCUT2D eigenvalue weighted by atomic mass is 9.85. The fraction of sp³-hybridized carbons (Fsp3) is 0.700. The average molecular weight is 457 g/mol. The van der Waals surface area contributed by atoms with Gasteiger partial charge in [0.2, 0.25) is 0 Å². The van der Waals surface area contributed by atoms with Crippen molar-refractivity contribution in [2.24, 2.45) is 17.8 Å². The molecular weight excluding hydrogens is 408 g/mol. The van der Waals surface area contributed by atoms with Crippen LogP contribution in [0.1, 0.15) is 110 Å². The minimum Gasteiger partial charge on any atom is -0.487 e. The molecule has 1 aliphatic heterocycles. The molecule has 1 aromatic rings. The quantitative estimate of drug-likeness (QED) is 0.169. The van der Waals surface area contributed by atoms with E-state index < -0.39 is 0 Å². The van der Waals surface area contributed by atoms with Crippen LogP contribution in [-0.2, 0) is 11.2 Å². The van der Waals surface area contributed by atoms with E-state index in [-0.39, 0.29) is 11.6 Å². The van der Waals surface area contributed by atoms with E-state index in [1.807, 2.05) is 19.1 Å². The molecule has 0 saturated heterocycles. The van der Waals surface area contributed by atoms with Gasteiger partial charge in [-0.3, -0.25) is 4.79 Å². The Bertz CT molecular complexity index is 796. The van der Waals surface area contributed by atoms with Gasteiger partial charge in [-0.25, -0.2) is 0 Å². The first-order valence-electron chi connectivity index (χ1n) is 13.2. The molecule has 0 saturated carbocycles. The highest BCUT2D eigenvalue weighted by atomic mass is 16.5. The first kappa shape index (κ1) is 27.5. The van der Waals surface area contributed by atoms with Crippen LogP contribution in [0.5, 0.6) is 11.5 Å². The van der Waals surface area contributed by atoms with Crippen LogP contribution in [0.2, 0.25) is 0 Å². The number of carbonyl (C=O) groups is 1. The summed E-state index contributed by atoms with van der Waals surface area (Å²) in [5, 5.41) is 0. The van der Waals surface area contributed by atoms with E-state index in [1.54, 1.807) is 0 Å². The van der Waals surface area contributed by atoms with E-state index >= 15 is 0 Å². The van der Waals surface area contributed by atoms with Crippen LogP contribution in [0.25, 0.3) is 0 Å². The molecule has 0 bridgehead atoms. The summed E-state index contributed by atoms with van der Waals surface area (Å²) in [6.07, 6.45) is 12.2. The van der Waals surface area contributed by atoms with Crippen LogP contribution in [0.3, 0.4) is 0 Å². The first-order valence-corrected chi connectivity index (χ1v) is 13.2. The maximum Gasteiger partial charge on any atom is 0.308 e. The molecule has 3 nitrogen and oxygen atoms in total. The van der Waals surface area contributed by atoms with Gasteiger partial charge < -0.3 is 9.47 Å². The van der Waals surface area contributed by atoms with Crippen LogP contribution in [0, 0.1) is 24.7 Å². The Labute approximate surface area is 203 Å². The molecule has 186 valence electrons. The summed E-state index contributed by atoms with van der Waals surface area (Å²) in [6.45, 7) is 19.1. The lowest BCUT2D eigenvalue weighted by Gasteiger charge is -2.37. The molecule has 0 aliphatic carbocycles. The van der Waals surface area contributed by atoms with Crippen LogP contribution in [-0.4, -0.2) is 11.6 Å². The summed E-state index contributed by atoms with van der Waals surface area (Å²) in [7, 11) is 0. The number of benzene rings is 1. The number of allylic oxidation sites excluding steroid dienone is 1. The van der Waals surface area contributed by atoms with Crippen LogP contribution < -0.4 is 9.47 Å². The molecule has 1 aliphatic rings. The Morgan fingerprint density at radius 1 is 1.06 bits per heavy atom. The SMILES string of the molecule is C=C(C)[C@H](C)CC[C@H](C)CCC[C@@H](C)CCC[C@]1(C)CCc2cc(OC(C)=O)cc(C)c2O1. The van der Waals surface area contributed by atoms with Gasteiger partial charge in [0.05, 0.1) is 0 Å². The molecule has 2 rings (SSSR count). The number of rotatable bonds is 13. The van der Waals surface area contributed by atoms with E-state index in [0.29, 0.717) is 11.7 Å². The number of esters is 1. The van der Waals surface area contributed by atoms with Gasteiger partial charge in [-0.2, -0.15) is 0 Å². The molecule has 0 aromatic heterocycles. The van der Waals surface area contributed by atoms with Crippen molar-refractivity contribution >= 4 is 5.97 Å². The Kier molecular flexibility index (Phi) is 10.5. The zero-order valence-electron chi connectivity index (χ0n) is 22.4. The summed E-state index contributed by atoms with van der Waals surface area (Å²) in [5.74, 6) is 3.58. The number of carbonyl (C=O) groups excluding carboxylic acids is 1. The second-order valence-electron chi connectivity index (χ2n) is 11.2. The lowest BCUT2D eigenvalue weighted by molar-refractivity contribution is -0.131. The fourth-order valence-corrected chi connectivity index (χ4v) is 4.95. The second kappa shape index (κ2) is 12.6. The van der Waals surface area contributed by atoms with Crippen molar-refractivity contribution in [3.63, 3.8) is 0 Å². The van der Waals surface area contributed by atoms with Gasteiger partial charge in [0, 0.05) is 6.92 Å². The van der Waals surface area contributed by atoms with E-state index in [9.17, 15) is 4.79 Å². The molecule has 1 heterocycles. The Morgan fingerprint density at radius 3 is 2.33 bits per heavy atom. The lowest BCUT2D eigenvalue weighted by Crippen LogP contribution is -2.36. The Morgan fingerprint density at radius 2 is 1.70 bits per heavy atom. The number of hydrogen-bond acceptors (Lipinski definition) is 3. The van der Waals surface area contributed by atoms with Crippen molar-refractivity contribution in [3.05, 3.63) is 35.4 Å². The Balaban J connectivity index is 1.72. The number of ether oxygens (including phenoxy) is 2. The normalized spacial score (nSPS) is 20.3. The molecule has 3 heteroatoms. The predicted octanol–water partition coefficient (Wildman–Crippen LogP) is 8.61. The fourth-order valence-electron chi connectivity index (χ4n) is 4.95. The first-order chi connectivity index (χ1) is 15.5. The highest BCUT2D eigenvalue weighted by molar-refractivity contribution is 5.69. The van der Waals surface area contributed by atoms with Crippen LogP contribution >= 0.6 is 0 Å². The highest BCUT2D eigenvalue weighted by Gasteiger charge is 2.32. The Hall–Kier alpha value is -1.77. The summed E-state index contributed by atoms with van der Waals surface area (Å²) < 4.78 is 11.8. The molecule has 0 spiro atoms. The maximum atomic E-state index is 11.3. The number of fused-ring (bicyclic) bond motifs is 1. The smallest absolute Gasteiger partial charge is 0.308 e. The maximum absolute atomic E-state index is 11.3. The van der Waals surface area contributed by atoms with Gasteiger partial charge in [-0.05, 0) is 93.9 Å². The summed E-state index contributed by atoms with van der Waals surface area (Å²) in [4.78, 5) is 11.3. The van der Waals surface area contributed by atoms with Gasteiger partial charge in [-0.15, -0.1) is 0 Å². The average Bonchev–Trinajstić information content (AvgIpc) is 2.72. The van der Waals surface area contributed by atoms with Crippen molar-refractivity contribution < 1.29 is 14.3 Å². The molecule has 4 atom stereocenters. The number of aryl methyl sites for hydroxylation is 2. The third-order valence-electron chi connectivity index (χ3n) is 7.59. The second-order valence-corrected chi connectivity index (χ2v) is 11.2. The molecule has 33 heavy (non-hydrogen) atoms. The van der Waals surface area contributed by atoms with E-state index in [4.69, 9.17) is 9.47 Å². The third kappa shape index (κ3) is 9.18. The minimum absolute atomic E-state index is 0.102. The molecule has 0 N–H and O–H groups in total. The van der Waals surface area contributed by atoms with E-state index in [2.05, 4.69) is 41.2 Å². The largest absolute Gasteiger partial charge is 0.487 e. The van der Waals surface area contributed by atoms with Crippen molar-refractivity contribution in [2.45, 2.75) is 118 Å². The van der Waals surface area contributed by atoms with Gasteiger partial charge in [0.15, 0.2) is 0 Å². The molecule has 1 aromatic carbocycles. The summed E-state index contributed by atoms with van der Waals surface area (Å²) in [5.41, 5.74) is 3.42. The molecule has 0 radical (unpaired) electrons. The summed E-state index contributed by atoms with van der Waals surface area (Å²) >= 11 is 0. The molecule has 0 amide bonds. The van der Waals surface area contributed by atoms with Gasteiger partial charge in [0.1, 0.15) is 17.1 Å². The van der Waals surface area contributed by atoms with Gasteiger partial charge in [0.25, 0.3) is 0 Å². The van der Waals surface area contributed by atoms with Crippen molar-refractivity contribution in [1.82, 2.24) is 0 Å². The van der Waals surface area contributed by atoms with E-state index in [1.165, 1.54) is 57.4 Å². The number of hydrogen-bond donors (Lipinski definition) is 0. The van der Waals surface area contributed by atoms with Crippen LogP contribution in [0.15, 0.2) is 24.3 Å². The molecular formula is C30H48O3. The van der Waals surface area contributed by atoms with Crippen LogP contribution in [0.4, 0.5) is 0 Å². The van der Waals surface area contributed by atoms with E-state index in [0.717, 1.165) is 48.0 Å². The molecule has 0 unspecified atom stereocenters. The van der Waals surface area contributed by atoms with Gasteiger partial charge in [-0.1, -0.05) is 65.0 Å². The topological polar surface area (TPSA) is 35.5 Å². The molecule has 0 fully saturated rings. The van der Waals surface area contributed by atoms with Crippen molar-refractivity contribution in [3.8, 4) is 11.5 Å². The van der Waals surface area contributed by atoms with Gasteiger partial charge >= 0.3 is 5.97 Å². The third-order valence-corrected chi connectivity index (χ3v) is 7.59. The predicted molar refractivity (Wildman–Crippen MR) is 139 cm³/mol. The minimum atomic E-state index is -0.281. The zero-order valence-corrected chi connectivity index (χ0v) is 22.4. The van der Waals surface area contributed by atoms with Crippen molar-refractivity contribution in [1.29, 1.82) is 0 Å².